The number of hydrogen-bond donors (Lipinski definition) is 2. The van der Waals surface area contributed by atoms with Crippen molar-refractivity contribution in [3.63, 3.8) is 0 Å². The van der Waals surface area contributed by atoms with E-state index in [0.717, 1.165) is 5.69 Å². The number of anilines is 1. The van der Waals surface area contributed by atoms with Gasteiger partial charge >= 0.3 is 5.97 Å². The van der Waals surface area contributed by atoms with Gasteiger partial charge in [-0.15, -0.1) is 0 Å². The van der Waals surface area contributed by atoms with Gasteiger partial charge in [0.05, 0.1) is 17.0 Å². The summed E-state index contributed by atoms with van der Waals surface area (Å²) in [6.07, 6.45) is 3.06. The fraction of sp³-hybridized carbons (Fsp3) is 0.0556. The summed E-state index contributed by atoms with van der Waals surface area (Å²) in [7, 11) is 0. The molecule has 0 unspecified atom stereocenters. The standard InChI is InChI=1S/C18H14N6O2/c1-10-3-2-4-12(21-10)15-16(13-7-8-20-18(19)22-13)24-9-11(17(25)26)5-6-14(24)23-15/h2-9H,1H3,(H,25,26)(H2,19,20,22). The number of aryl methyl sites for hydroxylation is 1. The van der Waals surface area contributed by atoms with E-state index >= 15 is 0 Å². The molecule has 0 fully saturated rings. The summed E-state index contributed by atoms with van der Waals surface area (Å²) in [5, 5.41) is 9.32. The largest absolute Gasteiger partial charge is 0.478 e. The number of carboxylic acids is 1. The van der Waals surface area contributed by atoms with Crippen molar-refractivity contribution in [2.75, 3.05) is 5.73 Å². The highest BCUT2D eigenvalue weighted by molar-refractivity contribution is 5.88. The van der Waals surface area contributed by atoms with Gasteiger partial charge < -0.3 is 10.8 Å². The quantitative estimate of drug-likeness (QED) is 0.584. The molecule has 0 spiro atoms. The molecule has 0 aliphatic heterocycles. The maximum Gasteiger partial charge on any atom is 0.337 e. The molecule has 0 saturated carbocycles. The molecule has 26 heavy (non-hydrogen) atoms. The molecule has 0 bridgehead atoms. The van der Waals surface area contributed by atoms with Crippen LogP contribution < -0.4 is 5.73 Å². The minimum atomic E-state index is -1.02. The van der Waals surface area contributed by atoms with Crippen LogP contribution in [-0.4, -0.2) is 35.4 Å². The highest BCUT2D eigenvalue weighted by Crippen LogP contribution is 2.31. The van der Waals surface area contributed by atoms with E-state index in [9.17, 15) is 9.90 Å². The fourth-order valence-corrected chi connectivity index (χ4v) is 2.78. The molecule has 0 atom stereocenters. The van der Waals surface area contributed by atoms with E-state index in [1.54, 1.807) is 22.7 Å². The van der Waals surface area contributed by atoms with E-state index in [2.05, 4.69) is 19.9 Å². The van der Waals surface area contributed by atoms with Crippen molar-refractivity contribution in [3.8, 4) is 22.8 Å². The van der Waals surface area contributed by atoms with Crippen molar-refractivity contribution in [3.05, 3.63) is 60.0 Å². The van der Waals surface area contributed by atoms with Gasteiger partial charge in [0.2, 0.25) is 5.95 Å². The number of nitrogen functional groups attached to an aromatic ring is 1. The van der Waals surface area contributed by atoms with Crippen LogP contribution >= 0.6 is 0 Å². The zero-order valence-electron chi connectivity index (χ0n) is 13.8. The number of hydrogen-bond acceptors (Lipinski definition) is 6. The average molecular weight is 346 g/mol. The Labute approximate surface area is 148 Å². The lowest BCUT2D eigenvalue weighted by Gasteiger charge is -2.06. The van der Waals surface area contributed by atoms with Gasteiger partial charge in [0.1, 0.15) is 17.0 Å². The van der Waals surface area contributed by atoms with Crippen molar-refractivity contribution < 1.29 is 9.90 Å². The van der Waals surface area contributed by atoms with Crippen molar-refractivity contribution in [1.82, 2.24) is 24.3 Å². The van der Waals surface area contributed by atoms with E-state index in [1.165, 1.54) is 12.3 Å². The molecular formula is C18H14N6O2. The van der Waals surface area contributed by atoms with Gasteiger partial charge in [0, 0.05) is 18.1 Å². The second-order valence-electron chi connectivity index (χ2n) is 5.72. The molecule has 8 nitrogen and oxygen atoms in total. The first-order chi connectivity index (χ1) is 12.5. The lowest BCUT2D eigenvalue weighted by atomic mass is 10.1. The maximum atomic E-state index is 11.4. The third kappa shape index (κ3) is 2.63. The number of imidazole rings is 1. The van der Waals surface area contributed by atoms with E-state index in [-0.39, 0.29) is 11.5 Å². The van der Waals surface area contributed by atoms with E-state index in [0.29, 0.717) is 28.4 Å². The Bertz CT molecular complexity index is 1150. The van der Waals surface area contributed by atoms with Gasteiger partial charge in [-0.25, -0.2) is 19.7 Å². The number of nitrogens with zero attached hydrogens (tertiary/aromatic N) is 5. The summed E-state index contributed by atoms with van der Waals surface area (Å²) in [5.74, 6) is -0.904. The summed E-state index contributed by atoms with van der Waals surface area (Å²) in [4.78, 5) is 28.7. The van der Waals surface area contributed by atoms with Crippen molar-refractivity contribution >= 4 is 17.6 Å². The molecule has 0 amide bonds. The van der Waals surface area contributed by atoms with E-state index in [4.69, 9.17) is 5.73 Å². The Hall–Kier alpha value is -3.81. The van der Waals surface area contributed by atoms with Crippen LogP contribution in [0.3, 0.4) is 0 Å². The molecule has 4 heterocycles. The topological polar surface area (TPSA) is 119 Å². The molecule has 0 saturated heterocycles. The van der Waals surface area contributed by atoms with Gasteiger partial charge in [-0.2, -0.15) is 0 Å². The first-order valence-electron chi connectivity index (χ1n) is 7.81. The fourth-order valence-electron chi connectivity index (χ4n) is 2.78. The molecule has 4 aromatic heterocycles. The van der Waals surface area contributed by atoms with Crippen molar-refractivity contribution in [2.24, 2.45) is 0 Å². The van der Waals surface area contributed by atoms with Gasteiger partial charge in [-0.3, -0.25) is 9.38 Å². The SMILES string of the molecule is Cc1cccc(-c2nc3ccc(C(=O)O)cn3c2-c2ccnc(N)n2)n1. The predicted octanol–water partition coefficient (Wildman–Crippen LogP) is 2.44. The first-order valence-corrected chi connectivity index (χ1v) is 7.81. The Balaban J connectivity index is 2.08. The first kappa shape index (κ1) is 15.7. The number of carboxylic acid groups (broad SMARTS) is 1. The summed E-state index contributed by atoms with van der Waals surface area (Å²) in [6.45, 7) is 1.89. The highest BCUT2D eigenvalue weighted by Gasteiger charge is 2.19. The molecule has 0 aliphatic carbocycles. The molecule has 0 aliphatic rings. The van der Waals surface area contributed by atoms with E-state index < -0.39 is 5.97 Å². The normalized spacial score (nSPS) is 11.0. The zero-order chi connectivity index (χ0) is 18.3. The number of fused-ring (bicyclic) bond motifs is 1. The number of pyridine rings is 2. The molecule has 0 aromatic carbocycles. The minimum Gasteiger partial charge on any atom is -0.478 e. The monoisotopic (exact) mass is 346 g/mol. The molecule has 4 aromatic rings. The second kappa shape index (κ2) is 5.92. The number of aromatic carboxylic acids is 1. The number of rotatable bonds is 3. The lowest BCUT2D eigenvalue weighted by Crippen LogP contribution is -2.01. The van der Waals surface area contributed by atoms with Crippen molar-refractivity contribution in [2.45, 2.75) is 6.92 Å². The molecule has 128 valence electrons. The number of aromatic nitrogens is 5. The average Bonchev–Trinajstić information content (AvgIpc) is 3.00. The van der Waals surface area contributed by atoms with E-state index in [1.807, 2.05) is 25.1 Å². The lowest BCUT2D eigenvalue weighted by molar-refractivity contribution is 0.0696. The Kier molecular flexibility index (Phi) is 3.58. The minimum absolute atomic E-state index is 0.120. The van der Waals surface area contributed by atoms with Crippen LogP contribution in [0.15, 0.2) is 48.8 Å². The maximum absolute atomic E-state index is 11.4. The third-order valence-electron chi connectivity index (χ3n) is 3.91. The molecule has 4 rings (SSSR count). The highest BCUT2D eigenvalue weighted by atomic mass is 16.4. The van der Waals surface area contributed by atoms with Gasteiger partial charge in [0.15, 0.2) is 0 Å². The van der Waals surface area contributed by atoms with Crippen LogP contribution in [0.5, 0.6) is 0 Å². The molecular weight excluding hydrogens is 332 g/mol. The van der Waals surface area contributed by atoms with Crippen LogP contribution in [0, 0.1) is 6.92 Å². The summed E-state index contributed by atoms with van der Waals surface area (Å²) in [5.41, 5.74) is 9.71. The van der Waals surface area contributed by atoms with Crippen molar-refractivity contribution in [1.29, 1.82) is 0 Å². The van der Waals surface area contributed by atoms with Crippen LogP contribution in [-0.2, 0) is 0 Å². The Morgan fingerprint density at radius 1 is 1.08 bits per heavy atom. The molecule has 3 N–H and O–H groups in total. The van der Waals surface area contributed by atoms with Crippen LogP contribution in [0.1, 0.15) is 16.1 Å². The Morgan fingerprint density at radius 3 is 2.65 bits per heavy atom. The van der Waals surface area contributed by atoms with Gasteiger partial charge in [-0.1, -0.05) is 6.07 Å². The molecule has 8 heteroatoms. The zero-order valence-corrected chi connectivity index (χ0v) is 13.8. The number of carbonyl (C=O) groups is 1. The Morgan fingerprint density at radius 2 is 1.92 bits per heavy atom. The summed E-state index contributed by atoms with van der Waals surface area (Å²) in [6, 6.07) is 10.5. The van der Waals surface area contributed by atoms with Crippen LogP contribution in [0.2, 0.25) is 0 Å². The smallest absolute Gasteiger partial charge is 0.337 e. The third-order valence-corrected chi connectivity index (χ3v) is 3.91. The van der Waals surface area contributed by atoms with Crippen LogP contribution in [0.25, 0.3) is 28.4 Å². The summed E-state index contributed by atoms with van der Waals surface area (Å²) < 4.78 is 1.69. The van der Waals surface area contributed by atoms with Crippen LogP contribution in [0.4, 0.5) is 5.95 Å². The van der Waals surface area contributed by atoms with Gasteiger partial charge in [-0.05, 0) is 37.3 Å². The predicted molar refractivity (Wildman–Crippen MR) is 95.6 cm³/mol. The molecule has 0 radical (unpaired) electrons. The number of nitrogens with two attached hydrogens (primary N) is 1. The van der Waals surface area contributed by atoms with Gasteiger partial charge in [0.25, 0.3) is 0 Å². The second-order valence-corrected chi connectivity index (χ2v) is 5.72. The summed E-state index contributed by atoms with van der Waals surface area (Å²) >= 11 is 0.